The van der Waals surface area contributed by atoms with E-state index < -0.39 is 27.3 Å². The standard InChI is InChI=1S/C26H22F3NO6S/c1-34-19-13-12-18(23(15-19)36-37(32,33)26(27,28)29)14-21-20-10-6-7-11-22(20)30(24(21)25(31)35-2)16-17-8-4-3-5-9-17/h3-13,15H,14,16H2,1-2H3. The first-order chi connectivity index (χ1) is 17.6. The summed E-state index contributed by atoms with van der Waals surface area (Å²) in [6, 6.07) is 20.4. The van der Waals surface area contributed by atoms with Crippen molar-refractivity contribution in [3.8, 4) is 11.5 Å². The van der Waals surface area contributed by atoms with E-state index in [9.17, 15) is 26.4 Å². The predicted octanol–water partition coefficient (Wildman–Crippen LogP) is 5.30. The lowest BCUT2D eigenvalue weighted by Gasteiger charge is -2.15. The quantitative estimate of drug-likeness (QED) is 0.174. The molecule has 0 radical (unpaired) electrons. The van der Waals surface area contributed by atoms with Gasteiger partial charge in [-0.1, -0.05) is 54.6 Å². The van der Waals surface area contributed by atoms with Crippen molar-refractivity contribution >= 4 is 27.0 Å². The Labute approximate surface area is 211 Å². The van der Waals surface area contributed by atoms with Gasteiger partial charge in [0.2, 0.25) is 0 Å². The predicted molar refractivity (Wildman–Crippen MR) is 130 cm³/mol. The summed E-state index contributed by atoms with van der Waals surface area (Å²) in [5.74, 6) is -1.12. The molecule has 194 valence electrons. The minimum Gasteiger partial charge on any atom is -0.497 e. The van der Waals surface area contributed by atoms with Gasteiger partial charge in [0, 0.05) is 35.5 Å². The van der Waals surface area contributed by atoms with Crippen LogP contribution >= 0.6 is 0 Å². The van der Waals surface area contributed by atoms with Crippen molar-refractivity contribution in [1.29, 1.82) is 0 Å². The Kier molecular flexibility index (Phi) is 7.17. The number of rotatable bonds is 8. The van der Waals surface area contributed by atoms with Gasteiger partial charge in [0.25, 0.3) is 0 Å². The number of halogens is 3. The topological polar surface area (TPSA) is 83.8 Å². The molecule has 7 nitrogen and oxygen atoms in total. The van der Waals surface area contributed by atoms with E-state index in [1.54, 1.807) is 22.8 Å². The summed E-state index contributed by atoms with van der Waals surface area (Å²) in [6.45, 7) is 0.320. The molecule has 11 heteroatoms. The fourth-order valence-corrected chi connectivity index (χ4v) is 4.54. The number of hydrogen-bond acceptors (Lipinski definition) is 6. The van der Waals surface area contributed by atoms with E-state index in [4.69, 9.17) is 9.47 Å². The third kappa shape index (κ3) is 5.26. The number of ether oxygens (including phenoxy) is 2. The number of carbonyl (C=O) groups is 1. The highest BCUT2D eigenvalue weighted by Gasteiger charge is 2.49. The largest absolute Gasteiger partial charge is 0.534 e. The molecule has 0 aliphatic carbocycles. The summed E-state index contributed by atoms with van der Waals surface area (Å²) in [5.41, 5.74) is -3.30. The molecule has 0 aliphatic rings. The number of alkyl halides is 3. The van der Waals surface area contributed by atoms with Crippen LogP contribution in [0.25, 0.3) is 10.9 Å². The molecule has 0 saturated carbocycles. The number of esters is 1. The molecule has 0 unspecified atom stereocenters. The van der Waals surface area contributed by atoms with Crippen LogP contribution in [-0.4, -0.2) is 38.7 Å². The second kappa shape index (κ2) is 10.2. The molecular formula is C26H22F3NO6S. The first-order valence-electron chi connectivity index (χ1n) is 11.0. The van der Waals surface area contributed by atoms with Crippen LogP contribution in [0.1, 0.15) is 27.2 Å². The fraction of sp³-hybridized carbons (Fsp3) is 0.192. The number of benzene rings is 3. The molecular weight excluding hydrogens is 511 g/mol. The Morgan fingerprint density at radius 2 is 1.62 bits per heavy atom. The Balaban J connectivity index is 1.90. The van der Waals surface area contributed by atoms with E-state index >= 15 is 0 Å². The van der Waals surface area contributed by atoms with Crippen LogP contribution in [0, 0.1) is 0 Å². The summed E-state index contributed by atoms with van der Waals surface area (Å²) in [7, 11) is -3.44. The lowest BCUT2D eigenvalue weighted by Crippen LogP contribution is -2.28. The van der Waals surface area contributed by atoms with Crippen molar-refractivity contribution in [3.05, 3.63) is 95.2 Å². The highest BCUT2D eigenvalue weighted by atomic mass is 32.2. The van der Waals surface area contributed by atoms with Crippen molar-refractivity contribution in [2.45, 2.75) is 18.5 Å². The molecule has 1 aromatic heterocycles. The van der Waals surface area contributed by atoms with Gasteiger partial charge in [-0.3, -0.25) is 0 Å². The minimum atomic E-state index is -5.95. The van der Waals surface area contributed by atoms with E-state index in [1.807, 2.05) is 36.4 Å². The molecule has 0 aliphatic heterocycles. The number of fused-ring (bicyclic) bond motifs is 1. The van der Waals surface area contributed by atoms with E-state index in [1.165, 1.54) is 26.4 Å². The highest BCUT2D eigenvalue weighted by molar-refractivity contribution is 7.88. The van der Waals surface area contributed by atoms with Crippen LogP contribution in [0.2, 0.25) is 0 Å². The zero-order chi connectivity index (χ0) is 26.8. The van der Waals surface area contributed by atoms with Crippen molar-refractivity contribution in [2.24, 2.45) is 0 Å². The molecule has 0 atom stereocenters. The molecule has 37 heavy (non-hydrogen) atoms. The first-order valence-corrected chi connectivity index (χ1v) is 12.4. The van der Waals surface area contributed by atoms with Crippen molar-refractivity contribution in [3.63, 3.8) is 0 Å². The molecule has 0 amide bonds. The molecule has 0 bridgehead atoms. The van der Waals surface area contributed by atoms with E-state index in [0.29, 0.717) is 23.0 Å². The summed E-state index contributed by atoms with van der Waals surface area (Å²) in [6.07, 6.45) is -0.126. The number of methoxy groups -OCH3 is 2. The van der Waals surface area contributed by atoms with Crippen LogP contribution < -0.4 is 8.92 Å². The second-order valence-electron chi connectivity index (χ2n) is 8.04. The minimum absolute atomic E-state index is 0.0934. The normalized spacial score (nSPS) is 11.9. The third-order valence-corrected chi connectivity index (χ3v) is 6.73. The zero-order valence-corrected chi connectivity index (χ0v) is 20.6. The van der Waals surface area contributed by atoms with Crippen molar-refractivity contribution in [2.75, 3.05) is 14.2 Å². The van der Waals surface area contributed by atoms with Gasteiger partial charge in [-0.25, -0.2) is 4.79 Å². The number of hydrogen-bond donors (Lipinski definition) is 0. The van der Waals surface area contributed by atoms with Crippen LogP contribution in [0.15, 0.2) is 72.8 Å². The SMILES string of the molecule is COC(=O)c1c(Cc2ccc(OC)cc2OS(=O)(=O)C(F)(F)F)c2ccccc2n1Cc1ccccc1. The lowest BCUT2D eigenvalue weighted by atomic mass is 10.0. The van der Waals surface area contributed by atoms with Crippen LogP contribution in [0.4, 0.5) is 13.2 Å². The summed E-state index contributed by atoms with van der Waals surface area (Å²) >= 11 is 0. The monoisotopic (exact) mass is 533 g/mol. The summed E-state index contributed by atoms with van der Waals surface area (Å²) < 4.78 is 79.2. The Morgan fingerprint density at radius 1 is 0.946 bits per heavy atom. The van der Waals surface area contributed by atoms with Crippen molar-refractivity contribution in [1.82, 2.24) is 4.57 Å². The Hall–Kier alpha value is -3.99. The Morgan fingerprint density at radius 3 is 2.27 bits per heavy atom. The lowest BCUT2D eigenvalue weighted by molar-refractivity contribution is -0.0500. The van der Waals surface area contributed by atoms with Gasteiger partial charge in [0.15, 0.2) is 0 Å². The average Bonchev–Trinajstić information content (AvgIpc) is 3.17. The van der Waals surface area contributed by atoms with Gasteiger partial charge in [-0.2, -0.15) is 21.6 Å². The molecule has 1 heterocycles. The van der Waals surface area contributed by atoms with Gasteiger partial charge in [-0.15, -0.1) is 0 Å². The maximum absolute atomic E-state index is 13.1. The van der Waals surface area contributed by atoms with Gasteiger partial charge in [0.1, 0.15) is 17.2 Å². The molecule has 0 saturated heterocycles. The van der Waals surface area contributed by atoms with Crippen LogP contribution in [0.5, 0.6) is 11.5 Å². The molecule has 0 fully saturated rings. The number of para-hydroxylation sites is 1. The van der Waals surface area contributed by atoms with Gasteiger partial charge in [0.05, 0.1) is 14.2 Å². The van der Waals surface area contributed by atoms with Gasteiger partial charge >= 0.3 is 21.6 Å². The average molecular weight is 534 g/mol. The van der Waals surface area contributed by atoms with E-state index in [2.05, 4.69) is 4.18 Å². The molecule has 4 rings (SSSR count). The molecule has 0 spiro atoms. The Bertz CT molecular complexity index is 1550. The second-order valence-corrected chi connectivity index (χ2v) is 9.58. The van der Waals surface area contributed by atoms with Gasteiger partial charge < -0.3 is 18.2 Å². The smallest absolute Gasteiger partial charge is 0.497 e. The van der Waals surface area contributed by atoms with Crippen molar-refractivity contribution < 1.29 is 40.0 Å². The third-order valence-electron chi connectivity index (χ3n) is 5.76. The first kappa shape index (κ1) is 26.1. The van der Waals surface area contributed by atoms with E-state index in [0.717, 1.165) is 11.6 Å². The van der Waals surface area contributed by atoms with Crippen LogP contribution in [-0.2, 0) is 27.8 Å². The summed E-state index contributed by atoms with van der Waals surface area (Å²) in [5, 5.41) is 0.652. The maximum Gasteiger partial charge on any atom is 0.534 e. The van der Waals surface area contributed by atoms with E-state index in [-0.39, 0.29) is 23.4 Å². The van der Waals surface area contributed by atoms with Crippen LogP contribution in [0.3, 0.4) is 0 Å². The van der Waals surface area contributed by atoms with Gasteiger partial charge in [-0.05, 0) is 23.3 Å². The molecule has 0 N–H and O–H groups in total. The molecule has 3 aromatic carbocycles. The summed E-state index contributed by atoms with van der Waals surface area (Å²) in [4.78, 5) is 13.0. The number of nitrogens with zero attached hydrogens (tertiary/aromatic N) is 1. The number of aromatic nitrogens is 1. The maximum atomic E-state index is 13.1. The zero-order valence-electron chi connectivity index (χ0n) is 19.8. The molecule has 4 aromatic rings. The fourth-order valence-electron chi connectivity index (χ4n) is 4.06. The number of carbonyl (C=O) groups excluding carboxylic acids is 1. The highest BCUT2D eigenvalue weighted by Crippen LogP contribution is 2.36.